The molecule has 0 aliphatic carbocycles. The van der Waals surface area contributed by atoms with Gasteiger partial charge in [0.2, 0.25) is 0 Å². The summed E-state index contributed by atoms with van der Waals surface area (Å²) >= 11 is 1.35. The smallest absolute Gasteiger partial charge is 0.258 e. The maximum absolute atomic E-state index is 13.6. The molecule has 8 nitrogen and oxygen atoms in total. The van der Waals surface area contributed by atoms with Crippen LogP contribution in [0.1, 0.15) is 23.6 Å². The molecule has 1 saturated heterocycles. The summed E-state index contributed by atoms with van der Waals surface area (Å²) in [7, 11) is 0. The molecule has 0 bridgehead atoms. The Bertz CT molecular complexity index is 1210. The number of aryl methyl sites for hydroxylation is 2. The number of carbonyl (C=O) groups is 3. The van der Waals surface area contributed by atoms with Gasteiger partial charge in [0, 0.05) is 0 Å². The van der Waals surface area contributed by atoms with E-state index in [1.165, 1.54) is 27.6 Å². The number of nitrogens with zero attached hydrogens (tertiary/aromatic N) is 2. The van der Waals surface area contributed by atoms with Crippen molar-refractivity contribution in [3.8, 4) is 18.1 Å². The molecule has 3 rings (SSSR count). The molecule has 0 aromatic heterocycles. The number of amides is 3. The fraction of sp³-hybridized carbons (Fsp3) is 0.367. The van der Waals surface area contributed by atoms with Gasteiger partial charge in [0.05, 0.1) is 23.8 Å². The molecule has 39 heavy (non-hydrogen) atoms. The maximum atomic E-state index is 13.6. The van der Waals surface area contributed by atoms with Gasteiger partial charge < -0.3 is 25.0 Å². The van der Waals surface area contributed by atoms with Crippen LogP contribution < -0.4 is 10.1 Å². The van der Waals surface area contributed by atoms with E-state index in [0.29, 0.717) is 5.75 Å². The second kappa shape index (κ2) is 13.9. The molecule has 2 aromatic rings. The third kappa shape index (κ3) is 7.43. The van der Waals surface area contributed by atoms with Crippen molar-refractivity contribution in [2.24, 2.45) is 0 Å². The zero-order valence-electron chi connectivity index (χ0n) is 22.5. The van der Waals surface area contributed by atoms with Crippen molar-refractivity contribution in [3.63, 3.8) is 0 Å². The van der Waals surface area contributed by atoms with Gasteiger partial charge in [-0.3, -0.25) is 14.4 Å². The number of benzene rings is 2. The Balaban J connectivity index is 1.81. The average Bonchev–Trinajstić information content (AvgIpc) is 3.03. The molecule has 1 heterocycles. The van der Waals surface area contributed by atoms with Gasteiger partial charge in [-0.25, -0.2) is 0 Å². The van der Waals surface area contributed by atoms with Crippen molar-refractivity contribution < 1.29 is 24.2 Å². The Labute approximate surface area is 234 Å². The second-order valence-corrected chi connectivity index (χ2v) is 10.6. The summed E-state index contributed by atoms with van der Waals surface area (Å²) in [6.07, 6.45) is 5.39. The van der Waals surface area contributed by atoms with Gasteiger partial charge >= 0.3 is 0 Å². The summed E-state index contributed by atoms with van der Waals surface area (Å²) < 4.78 is 5.78. The summed E-state index contributed by atoms with van der Waals surface area (Å²) in [5, 5.41) is 13.8. The lowest BCUT2D eigenvalue weighted by atomic mass is 9.99. The van der Waals surface area contributed by atoms with Gasteiger partial charge in [-0.1, -0.05) is 60.5 Å². The Morgan fingerprint density at radius 2 is 1.90 bits per heavy atom. The van der Waals surface area contributed by atoms with E-state index in [0.717, 1.165) is 16.7 Å². The molecule has 9 heteroatoms. The Hall–Kier alpha value is -3.74. The van der Waals surface area contributed by atoms with E-state index in [1.807, 2.05) is 69.3 Å². The number of rotatable bonds is 10. The summed E-state index contributed by atoms with van der Waals surface area (Å²) in [5.74, 6) is 1.69. The molecule has 1 aliphatic heterocycles. The van der Waals surface area contributed by atoms with Gasteiger partial charge in [0.1, 0.15) is 11.8 Å². The molecular weight excluding hydrogens is 514 g/mol. The van der Waals surface area contributed by atoms with E-state index < -0.39 is 30.0 Å². The molecule has 0 spiro atoms. The van der Waals surface area contributed by atoms with Crippen LogP contribution in [0.15, 0.2) is 61.2 Å². The first-order chi connectivity index (χ1) is 18.7. The second-order valence-electron chi connectivity index (χ2n) is 9.37. The molecule has 4 atom stereocenters. The summed E-state index contributed by atoms with van der Waals surface area (Å²) in [6, 6.07) is 12.9. The molecule has 1 fully saturated rings. The third-order valence-corrected chi connectivity index (χ3v) is 7.73. The van der Waals surface area contributed by atoms with E-state index in [1.54, 1.807) is 0 Å². The van der Waals surface area contributed by atoms with Crippen molar-refractivity contribution >= 4 is 29.5 Å². The first kappa shape index (κ1) is 29.8. The minimum Gasteiger partial charge on any atom is -0.483 e. The number of thioether (sulfide) groups is 1. The molecule has 2 aromatic carbocycles. The highest BCUT2D eigenvalue weighted by molar-refractivity contribution is 7.99. The van der Waals surface area contributed by atoms with Crippen LogP contribution in [0.4, 0.5) is 0 Å². The molecule has 3 amide bonds. The normalized spacial score (nSPS) is 18.9. The number of terminal acetylenes is 1. The van der Waals surface area contributed by atoms with E-state index in [2.05, 4.69) is 17.8 Å². The standard InChI is InChI=1S/C30H35N3O5S/c1-6-16-32-22(5)39-19-33(25(7-2)29(32)36)30(37)27(35)24(17-23-14-9-8-10-15-23)31-26(34)18-38-28-20(3)12-11-13-21(28)4/h1,7-15,22,24-25,27,35H,2,16-19H2,3-5H3,(H,31,34)/t22?,24-,25-,27-/m0/s1. The maximum Gasteiger partial charge on any atom is 0.258 e. The van der Waals surface area contributed by atoms with Gasteiger partial charge in [-0.05, 0) is 43.9 Å². The highest BCUT2D eigenvalue weighted by atomic mass is 32.2. The first-order valence-corrected chi connectivity index (χ1v) is 13.7. The predicted octanol–water partition coefficient (Wildman–Crippen LogP) is 2.67. The lowest BCUT2D eigenvalue weighted by Gasteiger charge is -2.32. The Morgan fingerprint density at radius 1 is 1.23 bits per heavy atom. The van der Waals surface area contributed by atoms with Crippen LogP contribution in [-0.2, 0) is 20.8 Å². The lowest BCUT2D eigenvalue weighted by molar-refractivity contribution is -0.148. The topological polar surface area (TPSA) is 99.2 Å². The molecule has 206 valence electrons. The van der Waals surface area contributed by atoms with Crippen LogP contribution in [0.5, 0.6) is 5.75 Å². The van der Waals surface area contributed by atoms with Crippen LogP contribution in [0, 0.1) is 26.2 Å². The van der Waals surface area contributed by atoms with Crippen LogP contribution in [0.3, 0.4) is 0 Å². The van der Waals surface area contributed by atoms with E-state index in [-0.39, 0.29) is 36.7 Å². The van der Waals surface area contributed by atoms with Crippen molar-refractivity contribution in [1.82, 2.24) is 15.1 Å². The minimum absolute atomic E-state index is 0.0922. The number of para-hydroxylation sites is 1. The number of hydrogen-bond donors (Lipinski definition) is 2. The number of hydrogen-bond acceptors (Lipinski definition) is 6. The number of aliphatic hydroxyl groups excluding tert-OH is 1. The molecule has 0 saturated carbocycles. The largest absolute Gasteiger partial charge is 0.483 e. The van der Waals surface area contributed by atoms with Crippen molar-refractivity contribution in [2.45, 2.75) is 50.8 Å². The fourth-order valence-corrected chi connectivity index (χ4v) is 5.46. The average molecular weight is 550 g/mol. The number of ether oxygens (including phenoxy) is 1. The van der Waals surface area contributed by atoms with E-state index >= 15 is 0 Å². The summed E-state index contributed by atoms with van der Waals surface area (Å²) in [5.41, 5.74) is 2.61. The van der Waals surface area contributed by atoms with Gasteiger partial charge in [0.15, 0.2) is 12.7 Å². The van der Waals surface area contributed by atoms with Crippen molar-refractivity contribution in [2.75, 3.05) is 19.0 Å². The quantitative estimate of drug-likeness (QED) is 0.349. The molecule has 1 aliphatic rings. The van der Waals surface area contributed by atoms with Crippen LogP contribution in [0.25, 0.3) is 0 Å². The third-order valence-electron chi connectivity index (χ3n) is 6.57. The monoisotopic (exact) mass is 549 g/mol. The summed E-state index contributed by atoms with van der Waals surface area (Å²) in [6.45, 7) is 9.17. The number of nitrogens with one attached hydrogen (secondary N) is 1. The minimum atomic E-state index is -1.63. The molecule has 2 N–H and O–H groups in total. The van der Waals surface area contributed by atoms with Crippen LogP contribution in [0.2, 0.25) is 0 Å². The Morgan fingerprint density at radius 3 is 2.51 bits per heavy atom. The SMILES string of the molecule is C#CCN1C(=O)[C@H](C=C)N(C(=O)[C@@H](O)[C@H](Cc2ccccc2)NC(=O)COc2c(C)cccc2C)CSC1C. The fourth-order valence-electron chi connectivity index (χ4n) is 4.44. The van der Waals surface area contributed by atoms with Gasteiger partial charge in [-0.15, -0.1) is 24.8 Å². The van der Waals surface area contributed by atoms with E-state index in [4.69, 9.17) is 11.2 Å². The molecule has 1 unspecified atom stereocenters. The van der Waals surface area contributed by atoms with Crippen molar-refractivity contribution in [3.05, 3.63) is 77.9 Å². The highest BCUT2D eigenvalue weighted by Gasteiger charge is 2.40. The number of carbonyl (C=O) groups excluding carboxylic acids is 3. The van der Waals surface area contributed by atoms with Crippen molar-refractivity contribution in [1.29, 1.82) is 0 Å². The number of aliphatic hydroxyl groups is 1. The van der Waals surface area contributed by atoms with E-state index in [9.17, 15) is 19.5 Å². The van der Waals surface area contributed by atoms with Crippen LogP contribution in [-0.4, -0.2) is 75.2 Å². The lowest BCUT2D eigenvalue weighted by Crippen LogP contribution is -2.56. The van der Waals surface area contributed by atoms with Crippen LogP contribution >= 0.6 is 11.8 Å². The Kier molecular flexibility index (Phi) is 10.6. The zero-order chi connectivity index (χ0) is 28.5. The molecule has 0 radical (unpaired) electrons. The zero-order valence-corrected chi connectivity index (χ0v) is 23.3. The van der Waals surface area contributed by atoms with Gasteiger partial charge in [0.25, 0.3) is 17.7 Å². The highest BCUT2D eigenvalue weighted by Crippen LogP contribution is 2.26. The predicted molar refractivity (Wildman–Crippen MR) is 153 cm³/mol. The molecular formula is C30H35N3O5S. The van der Waals surface area contributed by atoms with Gasteiger partial charge in [-0.2, -0.15) is 0 Å². The summed E-state index contributed by atoms with van der Waals surface area (Å²) in [4.78, 5) is 42.6. The first-order valence-electron chi connectivity index (χ1n) is 12.7.